The zero-order valence-corrected chi connectivity index (χ0v) is 11.4. The lowest BCUT2D eigenvalue weighted by atomic mass is 10.3. The molecule has 2 aromatic carbocycles. The Kier molecular flexibility index (Phi) is 2.62. The maximum atomic E-state index is 10.2. The summed E-state index contributed by atoms with van der Waals surface area (Å²) < 4.78 is 0. The molecule has 0 aliphatic rings. The quantitative estimate of drug-likeness (QED) is 0.426. The molecule has 0 amide bonds. The van der Waals surface area contributed by atoms with Crippen molar-refractivity contribution in [3.05, 3.63) is 60.2 Å². The number of imidazole rings is 2. The summed E-state index contributed by atoms with van der Waals surface area (Å²) in [6.45, 7) is 0. The van der Waals surface area contributed by atoms with Crippen LogP contribution in [0.15, 0.2) is 48.5 Å². The number of aliphatic hydroxyl groups is 2. The fraction of sp³-hybridized carbons (Fsp3) is 0. The summed E-state index contributed by atoms with van der Waals surface area (Å²) >= 11 is 0. The van der Waals surface area contributed by atoms with E-state index in [0.717, 1.165) is 11.0 Å². The van der Waals surface area contributed by atoms with Gasteiger partial charge in [0.1, 0.15) is 0 Å². The molecule has 4 aromatic rings. The minimum absolute atomic E-state index is 0.194. The van der Waals surface area contributed by atoms with E-state index in [1.807, 2.05) is 48.5 Å². The van der Waals surface area contributed by atoms with Crippen molar-refractivity contribution < 1.29 is 10.2 Å². The third kappa shape index (κ3) is 1.89. The first kappa shape index (κ1) is 12.5. The molecule has 6 heteroatoms. The Bertz CT molecular complexity index is 865. The number of aromatic amines is 2. The van der Waals surface area contributed by atoms with Crippen molar-refractivity contribution in [2.45, 2.75) is 0 Å². The highest BCUT2D eigenvalue weighted by Crippen LogP contribution is 2.22. The maximum absolute atomic E-state index is 10.2. The molecule has 0 saturated heterocycles. The molecule has 2 aromatic heterocycles. The molecule has 0 aliphatic heterocycles. The van der Waals surface area contributed by atoms with Crippen molar-refractivity contribution in [2.75, 3.05) is 0 Å². The van der Waals surface area contributed by atoms with Crippen molar-refractivity contribution in [3.63, 3.8) is 0 Å². The standard InChI is InChI=1S/C16H12N4O2/c21-13(15-17-9-5-1-2-6-10(9)18-15)14(22)16-19-11-7-3-4-8-12(11)20-16/h1-8,21-22H,(H,17,18)(H,19,20)/b14-13+. The fourth-order valence-corrected chi connectivity index (χ4v) is 2.35. The number of aliphatic hydroxyl groups excluding tert-OH is 2. The summed E-state index contributed by atoms with van der Waals surface area (Å²) in [5, 5.41) is 20.5. The molecule has 0 aliphatic carbocycles. The molecule has 2 heterocycles. The summed E-state index contributed by atoms with van der Waals surface area (Å²) in [7, 11) is 0. The molecule has 22 heavy (non-hydrogen) atoms. The SMILES string of the molecule is O/C(=C(/O)c1nc2ccccc2[nH]1)c1nc2ccccc2[nH]1. The van der Waals surface area contributed by atoms with Crippen LogP contribution >= 0.6 is 0 Å². The number of hydrogen-bond acceptors (Lipinski definition) is 4. The van der Waals surface area contributed by atoms with E-state index in [2.05, 4.69) is 19.9 Å². The largest absolute Gasteiger partial charge is 0.502 e. The second-order valence-corrected chi connectivity index (χ2v) is 4.90. The highest BCUT2D eigenvalue weighted by atomic mass is 16.3. The monoisotopic (exact) mass is 292 g/mol. The van der Waals surface area contributed by atoms with Crippen molar-refractivity contribution in [2.24, 2.45) is 0 Å². The molecule has 0 saturated carbocycles. The predicted molar refractivity (Wildman–Crippen MR) is 84.3 cm³/mol. The van der Waals surface area contributed by atoms with Crippen molar-refractivity contribution in [3.8, 4) is 0 Å². The molecule has 0 bridgehead atoms. The normalized spacial score (nSPS) is 12.7. The second-order valence-electron chi connectivity index (χ2n) is 4.90. The van der Waals surface area contributed by atoms with Gasteiger partial charge in [0.2, 0.25) is 11.5 Å². The topological polar surface area (TPSA) is 97.8 Å². The average Bonchev–Trinajstić information content (AvgIpc) is 3.16. The number of fused-ring (bicyclic) bond motifs is 2. The molecular weight excluding hydrogens is 280 g/mol. The summed E-state index contributed by atoms with van der Waals surface area (Å²) in [5.74, 6) is -0.316. The fourth-order valence-electron chi connectivity index (χ4n) is 2.35. The molecule has 0 spiro atoms. The van der Waals surface area contributed by atoms with Gasteiger partial charge >= 0.3 is 0 Å². The van der Waals surface area contributed by atoms with Crippen LogP contribution in [0.5, 0.6) is 0 Å². The number of rotatable bonds is 2. The lowest BCUT2D eigenvalue weighted by Gasteiger charge is -1.99. The molecule has 4 rings (SSSR count). The predicted octanol–water partition coefficient (Wildman–Crippen LogP) is 3.38. The third-order valence-corrected chi connectivity index (χ3v) is 3.45. The van der Waals surface area contributed by atoms with Crippen LogP contribution in [0.2, 0.25) is 0 Å². The smallest absolute Gasteiger partial charge is 0.205 e. The van der Waals surface area contributed by atoms with Crippen LogP contribution in [0.25, 0.3) is 33.6 Å². The van der Waals surface area contributed by atoms with Crippen molar-refractivity contribution in [1.82, 2.24) is 19.9 Å². The Morgan fingerprint density at radius 3 is 1.50 bits per heavy atom. The second kappa shape index (κ2) is 4.63. The first-order chi connectivity index (χ1) is 10.7. The van der Waals surface area contributed by atoms with Crippen LogP contribution < -0.4 is 0 Å². The van der Waals surface area contributed by atoms with E-state index in [1.54, 1.807) is 0 Å². The number of para-hydroxylation sites is 4. The first-order valence-electron chi connectivity index (χ1n) is 6.75. The van der Waals surface area contributed by atoms with Crippen LogP contribution in [0.3, 0.4) is 0 Å². The van der Waals surface area contributed by atoms with E-state index in [0.29, 0.717) is 11.0 Å². The Morgan fingerprint density at radius 1 is 0.682 bits per heavy atom. The third-order valence-electron chi connectivity index (χ3n) is 3.45. The van der Waals surface area contributed by atoms with E-state index >= 15 is 0 Å². The number of benzene rings is 2. The Hall–Kier alpha value is -3.28. The molecule has 108 valence electrons. The number of H-pyrrole nitrogens is 2. The molecule has 6 nitrogen and oxygen atoms in total. The molecule has 4 N–H and O–H groups in total. The van der Waals surface area contributed by atoms with E-state index in [1.165, 1.54) is 0 Å². The van der Waals surface area contributed by atoms with E-state index in [4.69, 9.17) is 0 Å². The average molecular weight is 292 g/mol. The zero-order valence-electron chi connectivity index (χ0n) is 11.4. The van der Waals surface area contributed by atoms with Gasteiger partial charge in [0.15, 0.2) is 11.6 Å². The van der Waals surface area contributed by atoms with E-state index in [9.17, 15) is 10.2 Å². The van der Waals surface area contributed by atoms with Gasteiger partial charge in [0, 0.05) is 0 Å². The van der Waals surface area contributed by atoms with Gasteiger partial charge in [-0.1, -0.05) is 24.3 Å². The van der Waals surface area contributed by atoms with Gasteiger partial charge in [-0.25, -0.2) is 9.97 Å². The summed E-state index contributed by atoms with van der Waals surface area (Å²) in [6, 6.07) is 14.8. The van der Waals surface area contributed by atoms with Gasteiger partial charge in [0.05, 0.1) is 22.1 Å². The number of hydrogen-bond donors (Lipinski definition) is 4. The molecular formula is C16H12N4O2. The molecule has 0 atom stereocenters. The summed E-state index contributed by atoms with van der Waals surface area (Å²) in [6.07, 6.45) is 0. The van der Waals surface area contributed by atoms with E-state index in [-0.39, 0.29) is 23.2 Å². The van der Waals surface area contributed by atoms with Gasteiger partial charge in [-0.05, 0) is 24.3 Å². The Balaban J connectivity index is 1.84. The van der Waals surface area contributed by atoms with Gasteiger partial charge in [0.25, 0.3) is 0 Å². The number of aromatic nitrogens is 4. The Morgan fingerprint density at radius 2 is 1.09 bits per heavy atom. The van der Waals surface area contributed by atoms with Crippen molar-refractivity contribution >= 4 is 33.6 Å². The van der Waals surface area contributed by atoms with Gasteiger partial charge in [-0.2, -0.15) is 0 Å². The van der Waals surface area contributed by atoms with Crippen LogP contribution in [-0.4, -0.2) is 30.1 Å². The molecule has 0 unspecified atom stereocenters. The summed E-state index contributed by atoms with van der Waals surface area (Å²) in [4.78, 5) is 14.4. The van der Waals surface area contributed by atoms with Crippen LogP contribution in [0, 0.1) is 0 Å². The maximum Gasteiger partial charge on any atom is 0.205 e. The molecule has 0 radical (unpaired) electrons. The van der Waals surface area contributed by atoms with Gasteiger partial charge in [-0.15, -0.1) is 0 Å². The zero-order chi connectivity index (χ0) is 15.1. The minimum Gasteiger partial charge on any atom is -0.502 e. The lowest BCUT2D eigenvalue weighted by molar-refractivity contribution is 0.453. The highest BCUT2D eigenvalue weighted by molar-refractivity contribution is 5.85. The van der Waals surface area contributed by atoms with Crippen LogP contribution in [-0.2, 0) is 0 Å². The van der Waals surface area contributed by atoms with Gasteiger partial charge < -0.3 is 20.2 Å². The minimum atomic E-state index is -0.352. The lowest BCUT2D eigenvalue weighted by Crippen LogP contribution is -1.94. The number of nitrogens with zero attached hydrogens (tertiary/aromatic N) is 2. The van der Waals surface area contributed by atoms with Gasteiger partial charge in [-0.3, -0.25) is 0 Å². The van der Waals surface area contributed by atoms with Crippen LogP contribution in [0.1, 0.15) is 11.6 Å². The number of nitrogens with one attached hydrogen (secondary N) is 2. The van der Waals surface area contributed by atoms with Crippen LogP contribution in [0.4, 0.5) is 0 Å². The van der Waals surface area contributed by atoms with E-state index < -0.39 is 0 Å². The van der Waals surface area contributed by atoms with Crippen molar-refractivity contribution in [1.29, 1.82) is 0 Å². The Labute approximate surface area is 124 Å². The molecule has 0 fully saturated rings. The summed E-state index contributed by atoms with van der Waals surface area (Å²) in [5.41, 5.74) is 2.98. The first-order valence-corrected chi connectivity index (χ1v) is 6.75. The highest BCUT2D eigenvalue weighted by Gasteiger charge is 2.16.